The molecule has 0 saturated carbocycles. The first-order chi connectivity index (χ1) is 15.9. The number of para-hydroxylation sites is 1. The lowest BCUT2D eigenvalue weighted by atomic mass is 10.0. The summed E-state index contributed by atoms with van der Waals surface area (Å²) in [6.45, 7) is 3.79. The van der Waals surface area contributed by atoms with Crippen molar-refractivity contribution in [1.82, 2.24) is 0 Å². The molecule has 33 heavy (non-hydrogen) atoms. The van der Waals surface area contributed by atoms with Crippen LogP contribution in [0, 0.1) is 13.8 Å². The Morgan fingerprint density at radius 3 is 2.48 bits per heavy atom. The Morgan fingerprint density at radius 2 is 1.73 bits per heavy atom. The zero-order valence-corrected chi connectivity index (χ0v) is 19.2. The molecule has 1 saturated heterocycles. The second-order valence-corrected chi connectivity index (χ2v) is 9.49. The number of hydrogen-bond acceptors (Lipinski definition) is 4. The third-order valence-corrected chi connectivity index (χ3v) is 7.35. The number of nitrogens with zero attached hydrogens (tertiary/aromatic N) is 2. The van der Waals surface area contributed by atoms with Gasteiger partial charge in [0.2, 0.25) is 16.7 Å². The molecule has 0 aromatic heterocycles. The molecule has 2 heterocycles. The molecule has 2 aliphatic rings. The summed E-state index contributed by atoms with van der Waals surface area (Å²) in [5.74, 6) is -0.507. The Kier molecular flexibility index (Phi) is 5.21. The van der Waals surface area contributed by atoms with E-state index in [1.165, 1.54) is 16.7 Å². The quantitative estimate of drug-likeness (QED) is 0.637. The maximum atomic E-state index is 14.0. The van der Waals surface area contributed by atoms with Gasteiger partial charge in [-0.15, -0.1) is 11.8 Å². The van der Waals surface area contributed by atoms with Crippen LogP contribution >= 0.6 is 11.8 Å². The van der Waals surface area contributed by atoms with Gasteiger partial charge in [0.25, 0.3) is 5.91 Å². The van der Waals surface area contributed by atoms with Crippen molar-refractivity contribution in [2.24, 2.45) is 0 Å². The van der Waals surface area contributed by atoms with E-state index >= 15 is 0 Å². The van der Waals surface area contributed by atoms with E-state index in [1.807, 2.05) is 86.6 Å². The van der Waals surface area contributed by atoms with Gasteiger partial charge in [0.15, 0.2) is 0 Å². The normalized spacial score (nSPS) is 19.3. The largest absolute Gasteiger partial charge is 0.325 e. The topological polar surface area (TPSA) is 69.7 Å². The first-order valence-electron chi connectivity index (χ1n) is 10.7. The Bertz CT molecular complexity index is 1270. The van der Waals surface area contributed by atoms with Gasteiger partial charge in [0, 0.05) is 16.9 Å². The van der Waals surface area contributed by atoms with Crippen molar-refractivity contribution in [2.75, 3.05) is 27.4 Å². The molecule has 0 bridgehead atoms. The average molecular weight is 458 g/mol. The second-order valence-electron chi connectivity index (χ2n) is 8.32. The highest BCUT2D eigenvalue weighted by molar-refractivity contribution is 8.02. The van der Waals surface area contributed by atoms with Crippen LogP contribution in [0.25, 0.3) is 0 Å². The molecule has 6 nitrogen and oxygen atoms in total. The number of hydrogen-bond donors (Lipinski definition) is 1. The molecule has 1 N–H and O–H groups in total. The lowest BCUT2D eigenvalue weighted by Crippen LogP contribution is -2.50. The Morgan fingerprint density at radius 1 is 0.970 bits per heavy atom. The highest BCUT2D eigenvalue weighted by atomic mass is 32.2. The number of amides is 3. The van der Waals surface area contributed by atoms with Gasteiger partial charge in [-0.25, -0.2) is 0 Å². The number of fused-ring (bicyclic) bond motifs is 2. The average Bonchev–Trinajstić information content (AvgIpc) is 3.26. The number of thioether (sulfide) groups is 1. The molecule has 2 aliphatic heterocycles. The zero-order valence-electron chi connectivity index (χ0n) is 18.4. The number of carbonyl (C=O) groups excluding carboxylic acids is 3. The maximum Gasteiger partial charge on any atom is 0.269 e. The van der Waals surface area contributed by atoms with Crippen LogP contribution in [0.1, 0.15) is 16.7 Å². The standard InChI is InChI=1S/C26H23N3O3S/c1-17-10-12-19(13-11-17)27-23(30)15-28-22-9-4-3-8-21(22)26(25(28)32)29(24(31)16-33-26)20-7-5-6-18(2)14-20/h3-14H,15-16H2,1-2H3,(H,27,30)/t26-/m0/s1. The molecule has 3 aromatic carbocycles. The lowest BCUT2D eigenvalue weighted by Gasteiger charge is -2.33. The molecule has 3 aromatic rings. The van der Waals surface area contributed by atoms with Crippen molar-refractivity contribution in [2.45, 2.75) is 18.7 Å². The smallest absolute Gasteiger partial charge is 0.269 e. The van der Waals surface area contributed by atoms with E-state index in [1.54, 1.807) is 4.90 Å². The van der Waals surface area contributed by atoms with Crippen molar-refractivity contribution >= 4 is 46.5 Å². The van der Waals surface area contributed by atoms with Crippen molar-refractivity contribution in [3.05, 3.63) is 89.5 Å². The van der Waals surface area contributed by atoms with Crippen LogP contribution in [-0.2, 0) is 19.3 Å². The number of carbonyl (C=O) groups is 3. The number of nitrogens with one attached hydrogen (secondary N) is 1. The van der Waals surface area contributed by atoms with Crippen LogP contribution in [0.2, 0.25) is 0 Å². The molecule has 3 amide bonds. The molecule has 7 heteroatoms. The van der Waals surface area contributed by atoms with Crippen LogP contribution in [-0.4, -0.2) is 30.0 Å². The van der Waals surface area contributed by atoms with Crippen LogP contribution in [0.15, 0.2) is 72.8 Å². The van der Waals surface area contributed by atoms with E-state index in [2.05, 4.69) is 5.32 Å². The minimum atomic E-state index is -1.22. The van der Waals surface area contributed by atoms with Gasteiger partial charge in [0.1, 0.15) is 6.54 Å². The summed E-state index contributed by atoms with van der Waals surface area (Å²) in [6.07, 6.45) is 0. The maximum absolute atomic E-state index is 14.0. The summed E-state index contributed by atoms with van der Waals surface area (Å²) in [4.78, 5) is 41.8. The fraction of sp³-hybridized carbons (Fsp3) is 0.192. The van der Waals surface area contributed by atoms with Gasteiger partial charge in [0.05, 0.1) is 11.4 Å². The predicted octanol–water partition coefficient (Wildman–Crippen LogP) is 4.22. The van der Waals surface area contributed by atoms with Crippen LogP contribution < -0.4 is 15.1 Å². The van der Waals surface area contributed by atoms with Gasteiger partial charge in [-0.3, -0.25) is 24.2 Å². The van der Waals surface area contributed by atoms with Gasteiger partial charge in [-0.05, 0) is 49.7 Å². The molecule has 1 spiro atoms. The lowest BCUT2D eigenvalue weighted by molar-refractivity contribution is -0.124. The minimum absolute atomic E-state index is 0.125. The third kappa shape index (κ3) is 3.49. The number of aryl methyl sites for hydroxylation is 2. The first-order valence-corrected chi connectivity index (χ1v) is 11.7. The molecule has 0 aliphatic carbocycles. The summed E-state index contributed by atoms with van der Waals surface area (Å²) in [5.41, 5.74) is 4.83. The molecule has 166 valence electrons. The van der Waals surface area contributed by atoms with Crippen LogP contribution in [0.4, 0.5) is 17.1 Å². The van der Waals surface area contributed by atoms with E-state index in [9.17, 15) is 14.4 Å². The summed E-state index contributed by atoms with van der Waals surface area (Å²) in [7, 11) is 0. The van der Waals surface area contributed by atoms with Crippen molar-refractivity contribution < 1.29 is 14.4 Å². The van der Waals surface area contributed by atoms with Gasteiger partial charge < -0.3 is 5.32 Å². The van der Waals surface area contributed by atoms with Crippen LogP contribution in [0.3, 0.4) is 0 Å². The van der Waals surface area contributed by atoms with Gasteiger partial charge >= 0.3 is 0 Å². The molecular weight excluding hydrogens is 434 g/mol. The molecule has 5 rings (SSSR count). The second kappa shape index (κ2) is 8.08. The summed E-state index contributed by atoms with van der Waals surface area (Å²) in [6, 6.07) is 22.5. The fourth-order valence-electron chi connectivity index (χ4n) is 4.46. The van der Waals surface area contributed by atoms with E-state index in [0.717, 1.165) is 16.7 Å². The monoisotopic (exact) mass is 457 g/mol. The molecule has 0 radical (unpaired) electrons. The van der Waals surface area contributed by atoms with E-state index in [0.29, 0.717) is 17.1 Å². The third-order valence-electron chi connectivity index (χ3n) is 5.96. The zero-order chi connectivity index (χ0) is 23.2. The number of rotatable bonds is 4. The van der Waals surface area contributed by atoms with E-state index < -0.39 is 4.87 Å². The van der Waals surface area contributed by atoms with Gasteiger partial charge in [-0.2, -0.15) is 0 Å². The molecule has 0 unspecified atom stereocenters. The SMILES string of the molecule is Cc1ccc(NC(=O)CN2C(=O)[C@@]3(SCC(=O)N3c3cccc(C)c3)c3ccccc32)cc1. The first kappa shape index (κ1) is 21.3. The Balaban J connectivity index is 1.51. The highest BCUT2D eigenvalue weighted by Gasteiger charge is 2.61. The molecular formula is C26H23N3O3S. The number of benzene rings is 3. The fourth-order valence-corrected chi connectivity index (χ4v) is 5.82. The summed E-state index contributed by atoms with van der Waals surface area (Å²) < 4.78 is 0. The summed E-state index contributed by atoms with van der Waals surface area (Å²) >= 11 is 1.31. The highest BCUT2D eigenvalue weighted by Crippen LogP contribution is 2.55. The Hall–Kier alpha value is -3.58. The summed E-state index contributed by atoms with van der Waals surface area (Å²) in [5, 5.41) is 2.87. The van der Waals surface area contributed by atoms with Crippen molar-refractivity contribution in [3.63, 3.8) is 0 Å². The van der Waals surface area contributed by atoms with E-state index in [-0.39, 0.29) is 30.0 Å². The van der Waals surface area contributed by atoms with Gasteiger partial charge in [-0.1, -0.05) is 48.0 Å². The Labute approximate surface area is 196 Å². The van der Waals surface area contributed by atoms with Crippen LogP contribution in [0.5, 0.6) is 0 Å². The predicted molar refractivity (Wildman–Crippen MR) is 131 cm³/mol. The molecule has 1 atom stereocenters. The van der Waals surface area contributed by atoms with Crippen molar-refractivity contribution in [1.29, 1.82) is 0 Å². The number of anilines is 3. The molecule has 1 fully saturated rings. The van der Waals surface area contributed by atoms with E-state index in [4.69, 9.17) is 0 Å². The minimum Gasteiger partial charge on any atom is -0.325 e. The van der Waals surface area contributed by atoms with Crippen molar-refractivity contribution in [3.8, 4) is 0 Å².